The second-order valence-corrected chi connectivity index (χ2v) is 9.52. The Balaban J connectivity index is 1.47. The molecule has 194 valence electrons. The van der Waals surface area contributed by atoms with Crippen molar-refractivity contribution in [1.29, 1.82) is 0 Å². The van der Waals surface area contributed by atoms with E-state index in [4.69, 9.17) is 0 Å². The maximum absolute atomic E-state index is 13.4. The van der Waals surface area contributed by atoms with Crippen molar-refractivity contribution in [3.05, 3.63) is 87.1 Å². The number of aromatic nitrogens is 3. The number of halogens is 3. The molecule has 2 amide bonds. The van der Waals surface area contributed by atoms with E-state index in [2.05, 4.69) is 5.10 Å². The molecule has 2 aromatic carbocycles. The third kappa shape index (κ3) is 4.90. The molecule has 3 aromatic rings. The fraction of sp³-hybridized carbons (Fsp3) is 0.385. The molecule has 0 spiro atoms. The van der Waals surface area contributed by atoms with Gasteiger partial charge in [0.1, 0.15) is 6.04 Å². The highest BCUT2D eigenvalue weighted by Gasteiger charge is 2.39. The van der Waals surface area contributed by atoms with Crippen LogP contribution in [0.1, 0.15) is 51.8 Å². The minimum absolute atomic E-state index is 0.0419. The van der Waals surface area contributed by atoms with Gasteiger partial charge < -0.3 is 9.80 Å². The van der Waals surface area contributed by atoms with E-state index in [0.29, 0.717) is 13.1 Å². The van der Waals surface area contributed by atoms with Gasteiger partial charge in [0.05, 0.1) is 25.2 Å². The van der Waals surface area contributed by atoms with Gasteiger partial charge >= 0.3 is 11.9 Å². The standard InChI is InChI=1S/C26H26F3N5O3/c1-17-4-6-18(7-5-17)14-33-25(37)34-21(24(36)31-12-2-3-13-31)15-32(16-22(34)30-33)23(35)19-8-10-20(11-9-19)26(27,28)29/h4-11,21H,2-3,12-16H2,1H3. The fourth-order valence-corrected chi connectivity index (χ4v) is 4.86. The molecule has 1 unspecified atom stereocenters. The highest BCUT2D eigenvalue weighted by molar-refractivity contribution is 5.95. The van der Waals surface area contributed by atoms with E-state index in [1.807, 2.05) is 31.2 Å². The third-order valence-corrected chi connectivity index (χ3v) is 6.88. The lowest BCUT2D eigenvalue weighted by atomic mass is 10.1. The van der Waals surface area contributed by atoms with Crippen molar-refractivity contribution in [1.82, 2.24) is 24.1 Å². The van der Waals surface area contributed by atoms with Crippen molar-refractivity contribution in [2.45, 2.75) is 45.1 Å². The van der Waals surface area contributed by atoms with Crippen LogP contribution in [0.4, 0.5) is 13.2 Å². The number of carbonyl (C=O) groups is 2. The molecular weight excluding hydrogens is 487 g/mol. The molecule has 8 nitrogen and oxygen atoms in total. The highest BCUT2D eigenvalue weighted by Crippen LogP contribution is 2.30. The SMILES string of the molecule is Cc1ccc(Cn2nc3n(c2=O)C(C(=O)N2CCCC2)CN(C(=O)c2ccc(C(F)(F)F)cc2)C3)cc1. The zero-order valence-corrected chi connectivity index (χ0v) is 20.2. The van der Waals surface area contributed by atoms with E-state index in [1.54, 1.807) is 4.90 Å². The van der Waals surface area contributed by atoms with Gasteiger partial charge in [-0.2, -0.15) is 18.3 Å². The lowest BCUT2D eigenvalue weighted by Gasteiger charge is -2.34. The van der Waals surface area contributed by atoms with Crippen LogP contribution in [-0.2, 0) is 24.1 Å². The molecule has 2 aliphatic heterocycles. The van der Waals surface area contributed by atoms with Crippen LogP contribution in [0.5, 0.6) is 0 Å². The van der Waals surface area contributed by atoms with Gasteiger partial charge in [0, 0.05) is 18.7 Å². The average Bonchev–Trinajstić information content (AvgIpc) is 3.52. The van der Waals surface area contributed by atoms with Crippen molar-refractivity contribution in [2.75, 3.05) is 19.6 Å². The first-order valence-electron chi connectivity index (χ1n) is 12.1. The molecule has 1 saturated heterocycles. The van der Waals surface area contributed by atoms with Crippen LogP contribution in [0.15, 0.2) is 53.3 Å². The molecule has 0 N–H and O–H groups in total. The topological polar surface area (TPSA) is 80.4 Å². The summed E-state index contributed by atoms with van der Waals surface area (Å²) in [6.45, 7) is 3.20. The second kappa shape index (κ2) is 9.53. The monoisotopic (exact) mass is 513 g/mol. The Hall–Kier alpha value is -3.89. The van der Waals surface area contributed by atoms with Gasteiger partial charge in [-0.1, -0.05) is 29.8 Å². The quantitative estimate of drug-likeness (QED) is 0.537. The van der Waals surface area contributed by atoms with Gasteiger partial charge in [0.15, 0.2) is 5.82 Å². The van der Waals surface area contributed by atoms with Gasteiger partial charge in [0.25, 0.3) is 5.91 Å². The highest BCUT2D eigenvalue weighted by atomic mass is 19.4. The summed E-state index contributed by atoms with van der Waals surface area (Å²) in [4.78, 5) is 43.2. The van der Waals surface area contributed by atoms with Gasteiger partial charge in [-0.15, -0.1) is 0 Å². The Morgan fingerprint density at radius 3 is 2.24 bits per heavy atom. The Morgan fingerprint density at radius 1 is 0.973 bits per heavy atom. The number of carbonyl (C=O) groups excluding carboxylic acids is 2. The summed E-state index contributed by atoms with van der Waals surface area (Å²) >= 11 is 0. The molecule has 37 heavy (non-hydrogen) atoms. The summed E-state index contributed by atoms with van der Waals surface area (Å²) in [5.41, 5.74) is 0.718. The number of likely N-dealkylation sites (tertiary alicyclic amines) is 1. The number of rotatable bonds is 4. The van der Waals surface area contributed by atoms with Gasteiger partial charge in [-0.05, 0) is 49.6 Å². The number of hydrogen-bond donors (Lipinski definition) is 0. The molecular formula is C26H26F3N5O3. The Bertz CT molecular complexity index is 1370. The first-order valence-corrected chi connectivity index (χ1v) is 12.1. The zero-order valence-electron chi connectivity index (χ0n) is 20.2. The number of benzene rings is 2. The normalized spacial score (nSPS) is 17.7. The molecule has 0 radical (unpaired) electrons. The summed E-state index contributed by atoms with van der Waals surface area (Å²) in [5, 5.41) is 4.45. The molecule has 0 saturated carbocycles. The van der Waals surface area contributed by atoms with Gasteiger partial charge in [-0.25, -0.2) is 9.48 Å². The summed E-state index contributed by atoms with van der Waals surface area (Å²) in [6, 6.07) is 10.7. The molecule has 11 heteroatoms. The number of amides is 2. The third-order valence-electron chi connectivity index (χ3n) is 6.88. The number of hydrogen-bond acceptors (Lipinski definition) is 4. The van der Waals surface area contributed by atoms with Crippen LogP contribution in [0.25, 0.3) is 0 Å². The summed E-state index contributed by atoms with van der Waals surface area (Å²) < 4.78 is 41.5. The number of alkyl halides is 3. The molecule has 1 aromatic heterocycles. The Morgan fingerprint density at radius 2 is 1.62 bits per heavy atom. The molecule has 5 rings (SSSR count). The lowest BCUT2D eigenvalue weighted by Crippen LogP contribution is -2.50. The van der Waals surface area contributed by atoms with E-state index in [9.17, 15) is 27.6 Å². The summed E-state index contributed by atoms with van der Waals surface area (Å²) in [7, 11) is 0. The van der Waals surface area contributed by atoms with Crippen molar-refractivity contribution >= 4 is 11.8 Å². The van der Waals surface area contributed by atoms with Crippen molar-refractivity contribution in [3.63, 3.8) is 0 Å². The van der Waals surface area contributed by atoms with E-state index >= 15 is 0 Å². The van der Waals surface area contributed by atoms with E-state index in [0.717, 1.165) is 48.2 Å². The van der Waals surface area contributed by atoms with Crippen molar-refractivity contribution in [2.24, 2.45) is 0 Å². The van der Waals surface area contributed by atoms with E-state index in [-0.39, 0.29) is 36.9 Å². The van der Waals surface area contributed by atoms with Crippen LogP contribution in [0.2, 0.25) is 0 Å². The minimum Gasteiger partial charge on any atom is -0.341 e. The minimum atomic E-state index is -4.51. The van der Waals surface area contributed by atoms with E-state index < -0.39 is 29.4 Å². The molecule has 2 aliphatic rings. The van der Waals surface area contributed by atoms with Crippen molar-refractivity contribution in [3.8, 4) is 0 Å². The van der Waals surface area contributed by atoms with Crippen LogP contribution < -0.4 is 5.69 Å². The van der Waals surface area contributed by atoms with Crippen molar-refractivity contribution < 1.29 is 22.8 Å². The molecule has 0 aliphatic carbocycles. The maximum atomic E-state index is 13.4. The Kier molecular flexibility index (Phi) is 6.38. The predicted molar refractivity (Wildman–Crippen MR) is 128 cm³/mol. The van der Waals surface area contributed by atoms with Crippen LogP contribution in [0.3, 0.4) is 0 Å². The predicted octanol–water partition coefficient (Wildman–Crippen LogP) is 3.24. The molecule has 1 atom stereocenters. The average molecular weight is 514 g/mol. The van der Waals surface area contributed by atoms with E-state index in [1.165, 1.54) is 14.1 Å². The molecule has 1 fully saturated rings. The van der Waals surface area contributed by atoms with Gasteiger partial charge in [0.2, 0.25) is 5.91 Å². The maximum Gasteiger partial charge on any atom is 0.416 e. The number of nitrogens with zero attached hydrogens (tertiary/aromatic N) is 5. The Labute approximate surface area is 210 Å². The number of fused-ring (bicyclic) bond motifs is 1. The van der Waals surface area contributed by atoms with Gasteiger partial charge in [-0.3, -0.25) is 14.2 Å². The smallest absolute Gasteiger partial charge is 0.341 e. The largest absolute Gasteiger partial charge is 0.416 e. The fourth-order valence-electron chi connectivity index (χ4n) is 4.86. The second-order valence-electron chi connectivity index (χ2n) is 9.52. The first kappa shape index (κ1) is 24.8. The lowest BCUT2D eigenvalue weighted by molar-refractivity contribution is -0.137. The first-order chi connectivity index (χ1) is 17.6. The van der Waals surface area contributed by atoms with Crippen LogP contribution in [0, 0.1) is 6.92 Å². The molecule has 3 heterocycles. The number of aryl methyl sites for hydroxylation is 1. The van der Waals surface area contributed by atoms with Crippen LogP contribution in [-0.4, -0.2) is 55.6 Å². The van der Waals surface area contributed by atoms with Crippen LogP contribution >= 0.6 is 0 Å². The summed E-state index contributed by atoms with van der Waals surface area (Å²) in [6.07, 6.45) is -2.79. The molecule has 0 bridgehead atoms. The summed E-state index contributed by atoms with van der Waals surface area (Å²) in [5.74, 6) is -0.526. The zero-order chi connectivity index (χ0) is 26.3.